The van der Waals surface area contributed by atoms with Crippen LogP contribution < -0.4 is 27.4 Å². The predicted octanol–water partition coefficient (Wildman–Crippen LogP) is 2.21. The fraction of sp³-hybridized carbons (Fsp3) is 0.547. The molecule has 0 saturated carbocycles. The number of benzene rings is 1. The van der Waals surface area contributed by atoms with Crippen molar-refractivity contribution in [1.29, 1.82) is 0 Å². The van der Waals surface area contributed by atoms with Gasteiger partial charge in [0.05, 0.1) is 50.6 Å². The van der Waals surface area contributed by atoms with Crippen LogP contribution in [0.25, 0.3) is 22.3 Å². The van der Waals surface area contributed by atoms with Gasteiger partial charge >= 0.3 is 31.5 Å². The quantitative estimate of drug-likeness (QED) is 0.0213. The maximum atomic E-state index is 16.7. The molecule has 0 aliphatic carbocycles. The van der Waals surface area contributed by atoms with E-state index in [0.29, 0.717) is 11.3 Å². The molecule has 5 aromatic rings. The fourth-order valence-electron chi connectivity index (χ4n) is 10.5. The Bertz CT molecular complexity index is 3690. The van der Waals surface area contributed by atoms with Crippen molar-refractivity contribution in [2.75, 3.05) is 57.6 Å². The van der Waals surface area contributed by atoms with E-state index in [1.807, 2.05) is 0 Å². The van der Waals surface area contributed by atoms with Crippen LogP contribution in [0.5, 0.6) is 0 Å². The van der Waals surface area contributed by atoms with E-state index in [4.69, 9.17) is 72.1 Å². The monoisotopic (exact) mass is 1370 g/mol. The first-order valence-electron chi connectivity index (χ1n) is 28.8. The number of halogens is 2. The number of likely N-dealkylation sites (tertiary alicyclic amines) is 1. The number of nitrogens with one attached hydrogen (secondary N) is 3. The third-order valence-electron chi connectivity index (χ3n) is 15.3. The van der Waals surface area contributed by atoms with Crippen LogP contribution in [0.2, 0.25) is 0 Å². The number of hydrogen-bond donors (Lipinski definition) is 7. The third-order valence-corrected chi connectivity index (χ3v) is 18.4. The summed E-state index contributed by atoms with van der Waals surface area (Å²) < 4.78 is 80.7. The minimum Gasteiger partial charge on any atom is -0.463 e. The number of ketones is 1. The first-order valence-corrected chi connectivity index (χ1v) is 34.0. The summed E-state index contributed by atoms with van der Waals surface area (Å²) >= 11 is 10.5. The van der Waals surface area contributed by atoms with Crippen LogP contribution in [0.15, 0.2) is 49.6 Å². The van der Waals surface area contributed by atoms with Crippen molar-refractivity contribution in [2.45, 2.75) is 121 Å². The molecular formula is C53H67F2N15O18P2S2. The molecule has 92 heavy (non-hydrogen) atoms. The van der Waals surface area contributed by atoms with E-state index >= 15 is 8.78 Å². The number of anilines is 2. The van der Waals surface area contributed by atoms with Gasteiger partial charge in [-0.2, -0.15) is 0 Å². The molecule has 4 fully saturated rings. The molecule has 13 atom stereocenters. The number of urea groups is 1. The lowest BCUT2D eigenvalue weighted by Crippen LogP contribution is -2.46. The lowest BCUT2D eigenvalue weighted by molar-refractivity contribution is -0.143. The van der Waals surface area contributed by atoms with Gasteiger partial charge in [0.15, 0.2) is 47.7 Å². The summed E-state index contributed by atoms with van der Waals surface area (Å²) in [5.41, 5.74) is 12.3. The highest BCUT2D eigenvalue weighted by Gasteiger charge is 2.54. The Hall–Kier alpha value is -7.28. The Labute approximate surface area is 532 Å². The SMILES string of the molecule is CC1CC(=O)N(CCC(=O)N[C@H](C(=O)C[C@@H](CCCNC(N)=O)C(=O)Nc2ccc(COC(=O)N(C)CCOC(=O)Cc3ncnc4c3ncn4[C@@H]3O[C@@H]4COP(O)(=S)O[C@H]5[C@@H](F)[C@H](n6cnc7c(N)ncnc76)O[C@@H]5COP(O)(=S)O[C@H]4[C@H]3F)cc2)C(C)C)C1=O. The number of ether oxygens (including phenoxy) is 4. The van der Waals surface area contributed by atoms with Crippen LogP contribution in [0, 0.1) is 17.8 Å². The second-order valence-electron chi connectivity index (χ2n) is 22.3. The number of imidazole rings is 2. The van der Waals surface area contributed by atoms with Crippen molar-refractivity contribution >= 4 is 118 Å². The number of fused-ring (bicyclic) bond motifs is 4. The number of nitrogens with zero attached hydrogens (tertiary/aromatic N) is 10. The molecule has 4 aliphatic rings. The number of aromatic nitrogens is 8. The van der Waals surface area contributed by atoms with Crippen LogP contribution in [0.4, 0.5) is 29.9 Å². The largest absolute Gasteiger partial charge is 0.463 e. The van der Waals surface area contributed by atoms with Crippen molar-refractivity contribution in [1.82, 2.24) is 59.5 Å². The number of nitrogen functional groups attached to an aromatic ring is 1. The lowest BCUT2D eigenvalue weighted by atomic mass is 9.89. The van der Waals surface area contributed by atoms with Crippen LogP contribution >= 0.6 is 13.4 Å². The second kappa shape index (κ2) is 29.8. The minimum atomic E-state index is -4.42. The van der Waals surface area contributed by atoms with Gasteiger partial charge in [-0.1, -0.05) is 32.9 Å². The van der Waals surface area contributed by atoms with E-state index in [1.165, 1.54) is 22.5 Å². The zero-order chi connectivity index (χ0) is 66.3. The molecule has 8 heterocycles. The Morgan fingerprint density at radius 2 is 1.46 bits per heavy atom. The third kappa shape index (κ3) is 16.7. The number of Topliss-reactive ketones (excluding diaryl/α,β-unsaturated/α-hetero) is 1. The van der Waals surface area contributed by atoms with Gasteiger partial charge in [-0.05, 0) is 60.1 Å². The van der Waals surface area contributed by atoms with E-state index in [9.17, 15) is 48.1 Å². The molecule has 1 aromatic carbocycles. The number of rotatable bonds is 23. The Kier molecular flexibility index (Phi) is 22.4. The van der Waals surface area contributed by atoms with Gasteiger partial charge in [0.1, 0.15) is 61.3 Å². The fourth-order valence-corrected chi connectivity index (χ4v) is 13.4. The highest BCUT2D eigenvalue weighted by molar-refractivity contribution is 8.07. The van der Waals surface area contributed by atoms with Crippen LogP contribution in [0.1, 0.15) is 76.6 Å². The molecule has 39 heteroatoms. The van der Waals surface area contributed by atoms with Crippen molar-refractivity contribution in [3.8, 4) is 0 Å². The predicted molar refractivity (Wildman–Crippen MR) is 322 cm³/mol. The minimum absolute atomic E-state index is 0.0118. The number of primary amides is 1. The number of carbonyl (C=O) groups excluding carboxylic acids is 8. The maximum Gasteiger partial charge on any atom is 0.409 e. The summed E-state index contributed by atoms with van der Waals surface area (Å²) in [6.07, 6.45) is -10.2. The number of likely N-dealkylation sites (N-methyl/N-ethyl adjacent to an activating group) is 1. The van der Waals surface area contributed by atoms with E-state index in [1.54, 1.807) is 45.0 Å². The summed E-state index contributed by atoms with van der Waals surface area (Å²) in [5.74, 6) is -4.76. The van der Waals surface area contributed by atoms with Crippen molar-refractivity contribution in [3.05, 3.63) is 60.8 Å². The van der Waals surface area contributed by atoms with Crippen molar-refractivity contribution in [2.24, 2.45) is 23.5 Å². The molecule has 4 aliphatic heterocycles. The average molecular weight is 1370 g/mol. The van der Waals surface area contributed by atoms with E-state index in [0.717, 1.165) is 28.8 Å². The maximum absolute atomic E-state index is 16.7. The first kappa shape index (κ1) is 69.1. The van der Waals surface area contributed by atoms with Gasteiger partial charge < -0.3 is 70.1 Å². The number of imide groups is 1. The molecule has 7 amide bonds. The summed E-state index contributed by atoms with van der Waals surface area (Å²) in [6, 6.07) is 4.56. The van der Waals surface area contributed by atoms with Crippen LogP contribution in [-0.4, -0.2) is 195 Å². The number of alkyl halides is 2. The normalized spacial score (nSPS) is 26.5. The smallest absolute Gasteiger partial charge is 0.409 e. The number of carbonyl (C=O) groups is 8. The lowest BCUT2D eigenvalue weighted by Gasteiger charge is -2.29. The highest BCUT2D eigenvalue weighted by atomic mass is 32.5. The van der Waals surface area contributed by atoms with Crippen molar-refractivity contribution < 1.29 is 94.0 Å². The number of amides is 7. The topological polar surface area (TPSA) is 433 Å². The molecule has 33 nitrogen and oxygen atoms in total. The van der Waals surface area contributed by atoms with Gasteiger partial charge in [-0.3, -0.25) is 51.8 Å². The van der Waals surface area contributed by atoms with Crippen LogP contribution in [-0.2, 0) is 102 Å². The highest BCUT2D eigenvalue weighted by Crippen LogP contribution is 2.55. The molecule has 9 N–H and O–H groups in total. The molecule has 4 aromatic heterocycles. The Balaban J connectivity index is 0.737. The number of esters is 1. The standard InChI is InChI=1S/C53H67F2N15O18P2S2/c1-26(2)40(66-35(72)11-13-68-36(73)16-27(3)49(68)76)32(71)17-29(6-5-12-58-52(57)77)48(75)65-30-9-7-28(8-10-30)19-82-53(78)67(4)14-15-81-37(74)18-31-41-46(61-22-59-31)69(24-63-41)50-38(54)43-33(85-50)20-83-90(80,92)88-44-34(21-84-89(79,91)87-43)86-51(39(44)55)70-25-64-42-45(56)60-23-62-47(42)70/h7-10,22-27,29,33-34,38-40,43-44,50-51H,5-6,11-21H2,1-4H3,(H,65,75)(H,66,72)(H,79,91)(H,80,92)(H2,56,60,62)(H3,57,58,77)/t27?,29-,33-,34-,38-,39-,40+,43-,44-,50-,51-,89?,90?/m1/s1. The second-order valence-corrected chi connectivity index (χ2v) is 27.9. The molecule has 3 unspecified atom stereocenters. The molecule has 4 saturated heterocycles. The zero-order valence-electron chi connectivity index (χ0n) is 49.8. The van der Waals surface area contributed by atoms with Crippen molar-refractivity contribution in [3.63, 3.8) is 0 Å². The van der Waals surface area contributed by atoms with Gasteiger partial charge in [-0.25, -0.2) is 48.3 Å². The van der Waals surface area contributed by atoms with Crippen LogP contribution in [0.3, 0.4) is 0 Å². The van der Waals surface area contributed by atoms with E-state index in [2.05, 4.69) is 45.9 Å². The van der Waals surface area contributed by atoms with Gasteiger partial charge in [-0.15, -0.1) is 0 Å². The summed E-state index contributed by atoms with van der Waals surface area (Å²) in [7, 11) is 1.41. The van der Waals surface area contributed by atoms with Gasteiger partial charge in [0.25, 0.3) is 0 Å². The molecule has 0 spiro atoms. The Morgan fingerprint density at radius 3 is 2.04 bits per heavy atom. The number of nitrogens with two attached hydrogens (primary N) is 2. The van der Waals surface area contributed by atoms with Gasteiger partial charge in [0.2, 0.25) is 23.6 Å². The van der Waals surface area contributed by atoms with Gasteiger partial charge in [0, 0.05) is 56.9 Å². The summed E-state index contributed by atoms with van der Waals surface area (Å²) in [6.45, 7) is -5.73. The molecular weight excluding hydrogens is 1300 g/mol. The first-order chi connectivity index (χ1) is 43.7. The molecule has 0 radical (unpaired) electrons. The molecule has 498 valence electrons. The molecule has 0 bridgehead atoms. The Morgan fingerprint density at radius 1 is 0.859 bits per heavy atom. The van der Waals surface area contributed by atoms with E-state index < -0.39 is 136 Å². The summed E-state index contributed by atoms with van der Waals surface area (Å²) in [4.78, 5) is 152. The van der Waals surface area contributed by atoms with E-state index in [-0.39, 0.29) is 117 Å². The average Bonchev–Trinajstić information content (AvgIpc) is 1.62. The summed E-state index contributed by atoms with van der Waals surface area (Å²) in [5, 5.41) is 7.94. The zero-order valence-corrected chi connectivity index (χ0v) is 53.2. The number of hydrogen-bond acceptors (Lipinski definition) is 25. The molecule has 9 rings (SSSR count).